The van der Waals surface area contributed by atoms with E-state index in [9.17, 15) is 9.18 Å². The fourth-order valence-electron chi connectivity index (χ4n) is 1.26. The zero-order valence-electron chi connectivity index (χ0n) is 8.74. The Kier molecular flexibility index (Phi) is 3.40. The number of nitrogens with zero attached hydrogens (tertiary/aromatic N) is 1. The van der Waals surface area contributed by atoms with Crippen molar-refractivity contribution < 1.29 is 13.9 Å². The molecule has 0 aliphatic rings. The van der Waals surface area contributed by atoms with Crippen molar-refractivity contribution in [3.8, 4) is 10.6 Å². The first kappa shape index (κ1) is 12.0. The third kappa shape index (κ3) is 2.45. The Hall–Kier alpha value is -1.46. The summed E-state index contributed by atoms with van der Waals surface area (Å²) in [6.07, 6.45) is 1.41. The Balaban J connectivity index is 2.40. The number of aromatic nitrogens is 1. The number of carbonyl (C=O) groups is 1. The van der Waals surface area contributed by atoms with Gasteiger partial charge in [-0.1, -0.05) is 11.6 Å². The molecule has 88 valence electrons. The van der Waals surface area contributed by atoms with E-state index in [1.807, 2.05) is 0 Å². The minimum Gasteiger partial charge on any atom is -0.465 e. The summed E-state index contributed by atoms with van der Waals surface area (Å²) in [4.78, 5) is 15.7. The Morgan fingerprint density at radius 1 is 1.53 bits per heavy atom. The van der Waals surface area contributed by atoms with Crippen LogP contribution in [0.25, 0.3) is 10.6 Å². The first-order valence-corrected chi connectivity index (χ1v) is 5.81. The van der Waals surface area contributed by atoms with Crippen LogP contribution in [-0.4, -0.2) is 18.1 Å². The second kappa shape index (κ2) is 4.81. The predicted molar refractivity (Wildman–Crippen MR) is 63.9 cm³/mol. The lowest BCUT2D eigenvalue weighted by Crippen LogP contribution is -1.96. The van der Waals surface area contributed by atoms with Crippen LogP contribution in [0.4, 0.5) is 4.39 Å². The smallest absolute Gasteiger partial charge is 0.349 e. The summed E-state index contributed by atoms with van der Waals surface area (Å²) in [5, 5.41) is 0.811. The first-order chi connectivity index (χ1) is 8.11. The summed E-state index contributed by atoms with van der Waals surface area (Å²) in [6.45, 7) is 0. The number of benzene rings is 1. The van der Waals surface area contributed by atoms with Crippen molar-refractivity contribution in [2.75, 3.05) is 7.11 Å². The largest absolute Gasteiger partial charge is 0.465 e. The fraction of sp³-hybridized carbons (Fsp3) is 0.0909. The Morgan fingerprint density at radius 2 is 2.29 bits per heavy atom. The zero-order valence-corrected chi connectivity index (χ0v) is 10.3. The van der Waals surface area contributed by atoms with Crippen molar-refractivity contribution in [3.63, 3.8) is 0 Å². The molecule has 0 fully saturated rings. The number of hydrogen-bond acceptors (Lipinski definition) is 4. The van der Waals surface area contributed by atoms with E-state index in [-0.39, 0.29) is 5.02 Å². The number of esters is 1. The van der Waals surface area contributed by atoms with E-state index in [4.69, 9.17) is 11.6 Å². The van der Waals surface area contributed by atoms with Crippen molar-refractivity contribution >= 4 is 28.9 Å². The standard InChI is InChI=1S/C11H7ClFNO2S/c1-16-11(15)9-5-14-10(17-9)7-3-2-6(13)4-8(7)12/h2-5H,1H3. The van der Waals surface area contributed by atoms with Gasteiger partial charge >= 0.3 is 5.97 Å². The third-order valence-corrected chi connectivity index (χ3v) is 3.38. The summed E-state index contributed by atoms with van der Waals surface area (Å²) in [5.74, 6) is -0.865. The summed E-state index contributed by atoms with van der Waals surface area (Å²) < 4.78 is 17.4. The van der Waals surface area contributed by atoms with Gasteiger partial charge in [-0.05, 0) is 18.2 Å². The fourth-order valence-corrected chi connectivity index (χ4v) is 2.44. The van der Waals surface area contributed by atoms with E-state index in [0.29, 0.717) is 15.4 Å². The Bertz CT molecular complexity index is 570. The van der Waals surface area contributed by atoms with Crippen LogP contribution in [0.1, 0.15) is 9.67 Å². The average molecular weight is 272 g/mol. The second-order valence-electron chi connectivity index (χ2n) is 3.15. The molecule has 1 aromatic carbocycles. The van der Waals surface area contributed by atoms with Gasteiger partial charge in [-0.25, -0.2) is 14.2 Å². The number of rotatable bonds is 2. The van der Waals surface area contributed by atoms with E-state index in [1.165, 1.54) is 31.5 Å². The van der Waals surface area contributed by atoms with Gasteiger partial charge in [-0.15, -0.1) is 11.3 Å². The van der Waals surface area contributed by atoms with Gasteiger partial charge in [0.2, 0.25) is 0 Å². The maximum atomic E-state index is 12.9. The molecule has 2 aromatic rings. The molecule has 1 aromatic heterocycles. The van der Waals surface area contributed by atoms with Crippen molar-refractivity contribution in [1.29, 1.82) is 0 Å². The second-order valence-corrected chi connectivity index (χ2v) is 4.58. The molecule has 17 heavy (non-hydrogen) atoms. The highest BCUT2D eigenvalue weighted by Crippen LogP contribution is 2.31. The third-order valence-electron chi connectivity index (χ3n) is 2.05. The molecule has 0 saturated heterocycles. The molecule has 0 N–H and O–H groups in total. The van der Waals surface area contributed by atoms with Gasteiger partial charge in [0.25, 0.3) is 0 Å². The molecule has 0 amide bonds. The molecule has 6 heteroatoms. The quantitative estimate of drug-likeness (QED) is 0.786. The van der Waals surface area contributed by atoms with Gasteiger partial charge in [0.05, 0.1) is 18.3 Å². The summed E-state index contributed by atoms with van der Waals surface area (Å²) in [6, 6.07) is 4.02. The van der Waals surface area contributed by atoms with Crippen LogP contribution in [0.3, 0.4) is 0 Å². The lowest BCUT2D eigenvalue weighted by Gasteiger charge is -1.99. The SMILES string of the molecule is COC(=O)c1cnc(-c2ccc(F)cc2Cl)s1. The molecule has 0 aliphatic heterocycles. The van der Waals surface area contributed by atoms with Crippen LogP contribution < -0.4 is 0 Å². The van der Waals surface area contributed by atoms with Gasteiger partial charge in [0, 0.05) is 5.56 Å². The molecule has 0 spiro atoms. The van der Waals surface area contributed by atoms with Crippen LogP contribution in [-0.2, 0) is 4.74 Å². The molecule has 0 saturated carbocycles. The van der Waals surface area contributed by atoms with Crippen LogP contribution in [0.2, 0.25) is 5.02 Å². The predicted octanol–water partition coefficient (Wildman–Crippen LogP) is 3.39. The molecule has 1 heterocycles. The van der Waals surface area contributed by atoms with Crippen LogP contribution in [0.15, 0.2) is 24.4 Å². The lowest BCUT2D eigenvalue weighted by atomic mass is 10.2. The molecule has 0 aliphatic carbocycles. The molecular weight excluding hydrogens is 265 g/mol. The van der Waals surface area contributed by atoms with E-state index in [0.717, 1.165) is 11.3 Å². The van der Waals surface area contributed by atoms with Crippen molar-refractivity contribution in [3.05, 3.63) is 40.1 Å². The van der Waals surface area contributed by atoms with Crippen molar-refractivity contribution in [2.45, 2.75) is 0 Å². The van der Waals surface area contributed by atoms with Gasteiger partial charge in [-0.2, -0.15) is 0 Å². The number of hydrogen-bond donors (Lipinski definition) is 0. The van der Waals surface area contributed by atoms with E-state index in [1.54, 1.807) is 0 Å². The number of carbonyl (C=O) groups excluding carboxylic acids is 1. The Labute approximate surface area is 106 Å². The molecule has 2 rings (SSSR count). The topological polar surface area (TPSA) is 39.2 Å². The number of thiazole rings is 1. The molecule has 0 atom stereocenters. The number of methoxy groups -OCH3 is 1. The van der Waals surface area contributed by atoms with Crippen molar-refractivity contribution in [1.82, 2.24) is 4.98 Å². The summed E-state index contributed by atoms with van der Waals surface area (Å²) >= 11 is 7.04. The number of halogens is 2. The van der Waals surface area contributed by atoms with Gasteiger partial charge in [0.15, 0.2) is 0 Å². The van der Waals surface area contributed by atoms with Gasteiger partial charge < -0.3 is 4.74 Å². The lowest BCUT2D eigenvalue weighted by molar-refractivity contribution is 0.0606. The first-order valence-electron chi connectivity index (χ1n) is 4.61. The van der Waals surface area contributed by atoms with E-state index in [2.05, 4.69) is 9.72 Å². The Morgan fingerprint density at radius 3 is 2.94 bits per heavy atom. The van der Waals surface area contributed by atoms with Crippen LogP contribution in [0, 0.1) is 5.82 Å². The van der Waals surface area contributed by atoms with Crippen molar-refractivity contribution in [2.24, 2.45) is 0 Å². The highest BCUT2D eigenvalue weighted by atomic mass is 35.5. The van der Waals surface area contributed by atoms with Crippen LogP contribution in [0.5, 0.6) is 0 Å². The van der Waals surface area contributed by atoms with Gasteiger partial charge in [0.1, 0.15) is 15.7 Å². The van der Waals surface area contributed by atoms with Crippen LogP contribution >= 0.6 is 22.9 Å². The summed E-state index contributed by atoms with van der Waals surface area (Å²) in [7, 11) is 1.30. The maximum absolute atomic E-state index is 12.9. The minimum absolute atomic E-state index is 0.260. The maximum Gasteiger partial charge on any atom is 0.349 e. The molecule has 3 nitrogen and oxygen atoms in total. The number of ether oxygens (including phenoxy) is 1. The summed E-state index contributed by atoms with van der Waals surface area (Å²) in [5.41, 5.74) is 0.591. The molecule has 0 bridgehead atoms. The molecular formula is C11H7ClFNO2S. The monoisotopic (exact) mass is 271 g/mol. The zero-order chi connectivity index (χ0) is 12.4. The highest BCUT2D eigenvalue weighted by Gasteiger charge is 2.13. The molecule has 0 radical (unpaired) electrons. The van der Waals surface area contributed by atoms with E-state index >= 15 is 0 Å². The van der Waals surface area contributed by atoms with E-state index < -0.39 is 11.8 Å². The van der Waals surface area contributed by atoms with Gasteiger partial charge in [-0.3, -0.25) is 0 Å². The molecule has 0 unspecified atom stereocenters. The highest BCUT2D eigenvalue weighted by molar-refractivity contribution is 7.16. The average Bonchev–Trinajstić information content (AvgIpc) is 2.77. The minimum atomic E-state index is -0.452. The normalized spacial score (nSPS) is 10.3.